The minimum absolute atomic E-state index is 0.390. The van der Waals surface area contributed by atoms with Gasteiger partial charge in [0.05, 0.1) is 18.2 Å². The molecule has 2 aliphatic rings. The maximum Gasteiger partial charge on any atom is 0.138 e. The quantitative estimate of drug-likeness (QED) is 0.927. The van der Waals surface area contributed by atoms with Gasteiger partial charge in [0.15, 0.2) is 0 Å². The lowest BCUT2D eigenvalue weighted by atomic mass is 10.0. The molecule has 0 amide bonds. The van der Waals surface area contributed by atoms with E-state index in [1.54, 1.807) is 7.11 Å². The Bertz CT molecular complexity index is 446. The third-order valence-electron chi connectivity index (χ3n) is 3.55. The zero-order valence-electron chi connectivity index (χ0n) is 10.5. The Kier molecular flexibility index (Phi) is 3.48. The number of hydrogen-bond acceptors (Lipinski definition) is 3. The van der Waals surface area contributed by atoms with Crippen LogP contribution in [0.25, 0.3) is 0 Å². The van der Waals surface area contributed by atoms with Gasteiger partial charge >= 0.3 is 0 Å². The lowest BCUT2D eigenvalue weighted by molar-refractivity contribution is 0.313. The van der Waals surface area contributed by atoms with Crippen molar-refractivity contribution in [2.24, 2.45) is 0 Å². The van der Waals surface area contributed by atoms with E-state index in [-0.39, 0.29) is 0 Å². The van der Waals surface area contributed by atoms with Gasteiger partial charge in [0.1, 0.15) is 11.5 Å². The molecule has 1 heterocycles. The number of halogens is 1. The fourth-order valence-electron chi connectivity index (χ4n) is 2.44. The van der Waals surface area contributed by atoms with E-state index in [2.05, 4.69) is 27.3 Å². The van der Waals surface area contributed by atoms with Crippen LogP contribution in [0, 0.1) is 0 Å². The minimum atomic E-state index is 0.390. The number of hydrogen-bond donors (Lipinski definition) is 1. The Hall–Kier alpha value is -0.740. The van der Waals surface area contributed by atoms with Gasteiger partial charge in [-0.2, -0.15) is 0 Å². The predicted octanol–water partition coefficient (Wildman–Crippen LogP) is 3.42. The Morgan fingerprint density at radius 2 is 2.17 bits per heavy atom. The fourth-order valence-corrected chi connectivity index (χ4v) is 3.01. The van der Waals surface area contributed by atoms with Crippen LogP contribution < -0.4 is 14.8 Å². The summed E-state index contributed by atoms with van der Waals surface area (Å²) in [6, 6.07) is 5.16. The van der Waals surface area contributed by atoms with Crippen LogP contribution in [0.2, 0.25) is 0 Å². The van der Waals surface area contributed by atoms with Crippen molar-refractivity contribution in [2.75, 3.05) is 13.7 Å². The third-order valence-corrected chi connectivity index (χ3v) is 4.14. The SMILES string of the molecule is COc1cc(Br)c2c(c1)C(NC1CC1)CCCO2. The number of rotatable bonds is 3. The molecular formula is C14H18BrNO2. The lowest BCUT2D eigenvalue weighted by Crippen LogP contribution is -2.23. The van der Waals surface area contributed by atoms with E-state index >= 15 is 0 Å². The van der Waals surface area contributed by atoms with E-state index in [1.165, 1.54) is 18.4 Å². The van der Waals surface area contributed by atoms with E-state index in [9.17, 15) is 0 Å². The van der Waals surface area contributed by atoms with E-state index in [0.717, 1.165) is 35.4 Å². The molecule has 1 unspecified atom stereocenters. The summed E-state index contributed by atoms with van der Waals surface area (Å²) in [5.74, 6) is 1.86. The number of benzene rings is 1. The van der Waals surface area contributed by atoms with Crippen molar-refractivity contribution in [1.82, 2.24) is 5.32 Å². The van der Waals surface area contributed by atoms with Gasteiger partial charge in [-0.25, -0.2) is 0 Å². The van der Waals surface area contributed by atoms with E-state index < -0.39 is 0 Å². The lowest BCUT2D eigenvalue weighted by Gasteiger charge is -2.19. The second-order valence-corrected chi connectivity index (χ2v) is 5.87. The van der Waals surface area contributed by atoms with E-state index in [1.807, 2.05) is 6.07 Å². The molecule has 1 saturated carbocycles. The zero-order chi connectivity index (χ0) is 12.5. The minimum Gasteiger partial charge on any atom is -0.497 e. The molecular weight excluding hydrogens is 294 g/mol. The summed E-state index contributed by atoms with van der Waals surface area (Å²) in [5, 5.41) is 3.71. The van der Waals surface area contributed by atoms with Crippen LogP contribution in [0.5, 0.6) is 11.5 Å². The Morgan fingerprint density at radius 3 is 2.89 bits per heavy atom. The molecule has 18 heavy (non-hydrogen) atoms. The van der Waals surface area contributed by atoms with E-state index in [0.29, 0.717) is 12.1 Å². The summed E-state index contributed by atoms with van der Waals surface area (Å²) >= 11 is 3.58. The molecule has 1 aliphatic heterocycles. The maximum atomic E-state index is 5.87. The number of nitrogens with one attached hydrogen (secondary N) is 1. The van der Waals surface area contributed by atoms with Crippen LogP contribution in [-0.2, 0) is 0 Å². The first-order valence-electron chi connectivity index (χ1n) is 6.54. The highest BCUT2D eigenvalue weighted by Gasteiger charge is 2.29. The van der Waals surface area contributed by atoms with E-state index in [4.69, 9.17) is 9.47 Å². The highest BCUT2D eigenvalue weighted by Crippen LogP contribution is 2.41. The molecule has 0 aromatic heterocycles. The van der Waals surface area contributed by atoms with Gasteiger partial charge < -0.3 is 14.8 Å². The summed E-state index contributed by atoms with van der Waals surface area (Å²) in [6.45, 7) is 0.792. The smallest absolute Gasteiger partial charge is 0.138 e. The normalized spacial score (nSPS) is 22.9. The average molecular weight is 312 g/mol. The molecule has 0 saturated heterocycles. The first kappa shape index (κ1) is 12.3. The van der Waals surface area contributed by atoms with Gasteiger partial charge in [-0.05, 0) is 53.7 Å². The second kappa shape index (κ2) is 5.10. The molecule has 4 heteroatoms. The van der Waals surface area contributed by atoms with Crippen molar-refractivity contribution >= 4 is 15.9 Å². The fraction of sp³-hybridized carbons (Fsp3) is 0.571. The van der Waals surface area contributed by atoms with Crippen LogP contribution in [-0.4, -0.2) is 19.8 Å². The van der Waals surface area contributed by atoms with Crippen molar-refractivity contribution in [1.29, 1.82) is 0 Å². The van der Waals surface area contributed by atoms with Crippen LogP contribution in [0.1, 0.15) is 37.3 Å². The topological polar surface area (TPSA) is 30.5 Å². The second-order valence-electron chi connectivity index (χ2n) is 5.01. The standard InChI is InChI=1S/C14H18BrNO2/c1-17-10-7-11-13(16-9-4-5-9)3-2-6-18-14(11)12(15)8-10/h7-9,13,16H,2-6H2,1H3. The summed E-state index contributed by atoms with van der Waals surface area (Å²) in [6.07, 6.45) is 4.83. The highest BCUT2D eigenvalue weighted by atomic mass is 79.9. The molecule has 0 bridgehead atoms. The van der Waals surface area contributed by atoms with Crippen molar-refractivity contribution in [3.63, 3.8) is 0 Å². The van der Waals surface area contributed by atoms with Gasteiger partial charge in [0.25, 0.3) is 0 Å². The van der Waals surface area contributed by atoms with Gasteiger partial charge in [0.2, 0.25) is 0 Å². The summed E-state index contributed by atoms with van der Waals surface area (Å²) in [7, 11) is 1.70. The first-order chi connectivity index (χ1) is 8.78. The monoisotopic (exact) mass is 311 g/mol. The van der Waals surface area contributed by atoms with Crippen LogP contribution in [0.15, 0.2) is 16.6 Å². The Morgan fingerprint density at radius 1 is 1.33 bits per heavy atom. The number of methoxy groups -OCH3 is 1. The molecule has 1 fully saturated rings. The predicted molar refractivity (Wildman–Crippen MR) is 74.3 cm³/mol. The van der Waals surface area contributed by atoms with Crippen molar-refractivity contribution < 1.29 is 9.47 Å². The molecule has 1 atom stereocenters. The molecule has 3 nitrogen and oxygen atoms in total. The third kappa shape index (κ3) is 2.50. The molecule has 98 valence electrons. The molecule has 1 aromatic rings. The average Bonchev–Trinajstić information content (AvgIpc) is 3.18. The summed E-state index contributed by atoms with van der Waals surface area (Å²) in [4.78, 5) is 0. The van der Waals surface area contributed by atoms with Gasteiger partial charge in [-0.15, -0.1) is 0 Å². The van der Waals surface area contributed by atoms with Crippen LogP contribution in [0.3, 0.4) is 0 Å². The highest BCUT2D eigenvalue weighted by molar-refractivity contribution is 9.10. The van der Waals surface area contributed by atoms with Crippen molar-refractivity contribution in [3.05, 3.63) is 22.2 Å². The molecule has 1 aromatic carbocycles. The first-order valence-corrected chi connectivity index (χ1v) is 7.33. The zero-order valence-corrected chi connectivity index (χ0v) is 12.1. The summed E-state index contributed by atoms with van der Waals surface area (Å²) < 4.78 is 12.2. The Balaban J connectivity index is 1.97. The molecule has 1 N–H and O–H groups in total. The molecule has 0 radical (unpaired) electrons. The molecule has 1 aliphatic carbocycles. The van der Waals surface area contributed by atoms with Gasteiger partial charge in [0, 0.05) is 17.6 Å². The van der Waals surface area contributed by atoms with Crippen LogP contribution >= 0.6 is 15.9 Å². The van der Waals surface area contributed by atoms with Gasteiger partial charge in [-0.3, -0.25) is 0 Å². The largest absolute Gasteiger partial charge is 0.497 e. The Labute approximate surface area is 116 Å². The molecule has 3 rings (SSSR count). The van der Waals surface area contributed by atoms with Crippen LogP contribution in [0.4, 0.5) is 0 Å². The van der Waals surface area contributed by atoms with Crippen molar-refractivity contribution in [2.45, 2.75) is 37.8 Å². The maximum absolute atomic E-state index is 5.87. The number of ether oxygens (including phenoxy) is 2. The van der Waals surface area contributed by atoms with Gasteiger partial charge in [-0.1, -0.05) is 0 Å². The van der Waals surface area contributed by atoms with Crippen molar-refractivity contribution in [3.8, 4) is 11.5 Å². The number of fused-ring (bicyclic) bond motifs is 1. The molecule has 0 spiro atoms. The summed E-state index contributed by atoms with van der Waals surface area (Å²) in [5.41, 5.74) is 1.23.